The Morgan fingerprint density at radius 2 is 2.23 bits per heavy atom. The van der Waals surface area contributed by atoms with Crippen LogP contribution in [0.4, 0.5) is 0 Å². The summed E-state index contributed by atoms with van der Waals surface area (Å²) >= 11 is 9.10. The third kappa shape index (κ3) is 2.06. The number of aryl methyl sites for hydroxylation is 1. The Morgan fingerprint density at radius 1 is 1.38 bits per heavy atom. The van der Waals surface area contributed by atoms with E-state index >= 15 is 0 Å². The molecule has 1 aliphatic carbocycles. The zero-order chi connectivity index (χ0) is 9.26. The van der Waals surface area contributed by atoms with Gasteiger partial charge >= 0.3 is 0 Å². The first-order chi connectivity index (χ1) is 6.29. The van der Waals surface area contributed by atoms with Gasteiger partial charge in [-0.15, -0.1) is 0 Å². The van der Waals surface area contributed by atoms with Crippen molar-refractivity contribution in [3.8, 4) is 0 Å². The van der Waals surface area contributed by atoms with Crippen LogP contribution in [0.15, 0.2) is 22.7 Å². The Morgan fingerprint density at radius 3 is 3.00 bits per heavy atom. The van der Waals surface area contributed by atoms with Gasteiger partial charge in [0.15, 0.2) is 0 Å². The molecule has 0 saturated heterocycles. The Kier molecular flexibility index (Phi) is 2.92. The molecular weight excluding hydrogens is 249 g/mol. The molecule has 13 heavy (non-hydrogen) atoms. The molecule has 1 aromatic carbocycles. The molecule has 0 bridgehead atoms. The Labute approximate surface area is 91.7 Å². The molecule has 0 radical (unpaired) electrons. The lowest BCUT2D eigenvalue weighted by Gasteiger charge is -2.23. The van der Waals surface area contributed by atoms with Gasteiger partial charge in [-0.25, -0.2) is 4.84 Å². The first-order valence-electron chi connectivity index (χ1n) is 4.43. The summed E-state index contributed by atoms with van der Waals surface area (Å²) in [5, 5.41) is 0. The standard InChI is InChI=1S/C10H11BrClN/c11-9-3-1-8-6-10(13-12)4-2-7(8)5-9/h1,3,5,10,13H,2,4,6H2/t10-/m1/s1. The van der Waals surface area contributed by atoms with Gasteiger partial charge in [-0.1, -0.05) is 22.0 Å². The van der Waals surface area contributed by atoms with Crippen LogP contribution in [0.1, 0.15) is 17.5 Å². The molecule has 0 spiro atoms. The van der Waals surface area contributed by atoms with Crippen molar-refractivity contribution in [1.82, 2.24) is 4.84 Å². The van der Waals surface area contributed by atoms with Gasteiger partial charge in [0.25, 0.3) is 0 Å². The van der Waals surface area contributed by atoms with E-state index < -0.39 is 0 Å². The lowest BCUT2D eigenvalue weighted by molar-refractivity contribution is 0.541. The first-order valence-corrected chi connectivity index (χ1v) is 5.60. The highest BCUT2D eigenvalue weighted by atomic mass is 79.9. The van der Waals surface area contributed by atoms with Crippen molar-refractivity contribution in [3.63, 3.8) is 0 Å². The minimum atomic E-state index is 0.440. The number of rotatable bonds is 1. The molecule has 0 unspecified atom stereocenters. The van der Waals surface area contributed by atoms with E-state index in [1.54, 1.807) is 0 Å². The lowest BCUT2D eigenvalue weighted by Crippen LogP contribution is -2.28. The van der Waals surface area contributed by atoms with E-state index in [4.69, 9.17) is 11.8 Å². The molecule has 1 atom stereocenters. The Hall–Kier alpha value is -0.0500. The monoisotopic (exact) mass is 259 g/mol. The lowest BCUT2D eigenvalue weighted by atomic mass is 9.89. The van der Waals surface area contributed by atoms with Crippen LogP contribution in [-0.4, -0.2) is 6.04 Å². The molecule has 2 rings (SSSR count). The van der Waals surface area contributed by atoms with Gasteiger partial charge < -0.3 is 0 Å². The predicted molar refractivity (Wildman–Crippen MR) is 58.9 cm³/mol. The normalized spacial score (nSPS) is 21.2. The number of hydrogen-bond acceptors (Lipinski definition) is 1. The van der Waals surface area contributed by atoms with Gasteiger partial charge in [-0.3, -0.25) is 0 Å². The topological polar surface area (TPSA) is 12.0 Å². The number of nitrogens with one attached hydrogen (secondary N) is 1. The van der Waals surface area contributed by atoms with Crippen LogP contribution < -0.4 is 4.84 Å². The fourth-order valence-electron chi connectivity index (χ4n) is 1.82. The second-order valence-corrected chi connectivity index (χ2v) is 4.60. The molecule has 70 valence electrons. The summed E-state index contributed by atoms with van der Waals surface area (Å²) in [6, 6.07) is 6.92. The van der Waals surface area contributed by atoms with Crippen molar-refractivity contribution in [3.05, 3.63) is 33.8 Å². The van der Waals surface area contributed by atoms with Gasteiger partial charge in [-0.2, -0.15) is 0 Å². The molecule has 3 heteroatoms. The molecule has 0 saturated carbocycles. The maximum Gasteiger partial charge on any atom is 0.0264 e. The fourth-order valence-corrected chi connectivity index (χ4v) is 2.41. The van der Waals surface area contributed by atoms with E-state index in [0.717, 1.165) is 19.3 Å². The Balaban J connectivity index is 2.26. The molecule has 1 aliphatic rings. The van der Waals surface area contributed by atoms with Crippen LogP contribution in [0.2, 0.25) is 0 Å². The zero-order valence-electron chi connectivity index (χ0n) is 7.19. The van der Waals surface area contributed by atoms with Crippen LogP contribution in [0.25, 0.3) is 0 Å². The van der Waals surface area contributed by atoms with Crippen molar-refractivity contribution < 1.29 is 0 Å². The highest BCUT2D eigenvalue weighted by Gasteiger charge is 2.17. The summed E-state index contributed by atoms with van der Waals surface area (Å²) in [6.45, 7) is 0. The van der Waals surface area contributed by atoms with E-state index in [2.05, 4.69) is 39.0 Å². The van der Waals surface area contributed by atoms with E-state index in [9.17, 15) is 0 Å². The van der Waals surface area contributed by atoms with Crippen molar-refractivity contribution in [1.29, 1.82) is 0 Å². The van der Waals surface area contributed by atoms with E-state index in [1.807, 2.05) is 0 Å². The number of hydrogen-bond donors (Lipinski definition) is 1. The van der Waals surface area contributed by atoms with Gasteiger partial charge in [0.05, 0.1) is 0 Å². The largest absolute Gasteiger partial charge is 0.230 e. The minimum Gasteiger partial charge on any atom is -0.230 e. The van der Waals surface area contributed by atoms with Crippen LogP contribution in [0.3, 0.4) is 0 Å². The number of halogens is 2. The second-order valence-electron chi connectivity index (χ2n) is 3.46. The van der Waals surface area contributed by atoms with Crippen LogP contribution in [0.5, 0.6) is 0 Å². The highest BCUT2D eigenvalue weighted by molar-refractivity contribution is 9.10. The van der Waals surface area contributed by atoms with Gasteiger partial charge in [0, 0.05) is 10.5 Å². The summed E-state index contributed by atoms with van der Waals surface area (Å²) < 4.78 is 1.17. The molecule has 0 heterocycles. The second kappa shape index (κ2) is 3.99. The SMILES string of the molecule is ClN[C@@H]1CCc2cc(Br)ccc2C1. The van der Waals surface area contributed by atoms with E-state index in [1.165, 1.54) is 15.6 Å². The molecule has 1 N–H and O–H groups in total. The molecule has 0 aliphatic heterocycles. The summed E-state index contributed by atoms with van der Waals surface area (Å²) in [4.78, 5) is 2.82. The molecule has 0 amide bonds. The summed E-state index contributed by atoms with van der Waals surface area (Å²) in [5.41, 5.74) is 2.88. The molecule has 1 aromatic rings. The van der Waals surface area contributed by atoms with Crippen LogP contribution in [0, 0.1) is 0 Å². The summed E-state index contributed by atoms with van der Waals surface area (Å²) in [6.07, 6.45) is 3.30. The first kappa shape index (κ1) is 9.50. The highest BCUT2D eigenvalue weighted by Crippen LogP contribution is 2.24. The van der Waals surface area contributed by atoms with Crippen LogP contribution >= 0.6 is 27.7 Å². The minimum absolute atomic E-state index is 0.440. The van der Waals surface area contributed by atoms with E-state index in [-0.39, 0.29) is 0 Å². The third-order valence-corrected chi connectivity index (χ3v) is 3.35. The quantitative estimate of drug-likeness (QED) is 0.765. The fraction of sp³-hybridized carbons (Fsp3) is 0.400. The average Bonchev–Trinajstić information content (AvgIpc) is 2.17. The average molecular weight is 261 g/mol. The Bertz CT molecular complexity index is 314. The van der Waals surface area contributed by atoms with Crippen LogP contribution in [-0.2, 0) is 12.8 Å². The molecule has 0 aromatic heterocycles. The molecular formula is C10H11BrClN. The van der Waals surface area contributed by atoms with Gasteiger partial charge in [0.1, 0.15) is 0 Å². The van der Waals surface area contributed by atoms with E-state index in [0.29, 0.717) is 6.04 Å². The summed E-state index contributed by atoms with van der Waals surface area (Å²) in [7, 11) is 0. The summed E-state index contributed by atoms with van der Waals surface area (Å²) in [5.74, 6) is 0. The maximum atomic E-state index is 5.62. The van der Waals surface area contributed by atoms with Gasteiger partial charge in [-0.05, 0) is 54.3 Å². The van der Waals surface area contributed by atoms with Crippen molar-refractivity contribution >= 4 is 27.7 Å². The van der Waals surface area contributed by atoms with Gasteiger partial charge in [0.2, 0.25) is 0 Å². The number of benzene rings is 1. The molecule has 1 nitrogen and oxygen atoms in total. The zero-order valence-corrected chi connectivity index (χ0v) is 9.53. The maximum absolute atomic E-state index is 5.62. The number of fused-ring (bicyclic) bond motifs is 1. The van der Waals surface area contributed by atoms with Crippen molar-refractivity contribution in [2.45, 2.75) is 25.3 Å². The predicted octanol–water partition coefficient (Wildman–Crippen LogP) is 3.05. The van der Waals surface area contributed by atoms with Crippen molar-refractivity contribution in [2.75, 3.05) is 0 Å². The molecule has 0 fully saturated rings. The van der Waals surface area contributed by atoms with Crippen molar-refractivity contribution in [2.24, 2.45) is 0 Å². The smallest absolute Gasteiger partial charge is 0.0264 e. The third-order valence-electron chi connectivity index (χ3n) is 2.55.